The van der Waals surface area contributed by atoms with Crippen LogP contribution in [0.5, 0.6) is 5.75 Å². The highest BCUT2D eigenvalue weighted by Crippen LogP contribution is 2.28. The van der Waals surface area contributed by atoms with Gasteiger partial charge in [-0.2, -0.15) is 4.89 Å². The molecule has 2 N–H and O–H groups in total. The van der Waals surface area contributed by atoms with Gasteiger partial charge in [0.1, 0.15) is 5.60 Å². The van der Waals surface area contributed by atoms with Crippen molar-refractivity contribution in [2.75, 3.05) is 0 Å². The Bertz CT molecular complexity index is 559. The number of hydrogen-bond acceptors (Lipinski definition) is 4. The monoisotopic (exact) mass is 294 g/mol. The van der Waals surface area contributed by atoms with Crippen LogP contribution in [0.2, 0.25) is 0 Å². The number of carbonyl (C=O) groups is 2. The Hall–Kier alpha value is -2.34. The first-order valence-corrected chi connectivity index (χ1v) is 6.40. The van der Waals surface area contributed by atoms with Gasteiger partial charge in [0.15, 0.2) is 5.75 Å². The molecule has 0 aromatic heterocycles. The topological polar surface area (TPSA) is 93.1 Å². The molecule has 0 amide bonds. The molecule has 0 fully saturated rings. The van der Waals surface area contributed by atoms with Gasteiger partial charge in [0, 0.05) is 11.6 Å². The van der Waals surface area contributed by atoms with Gasteiger partial charge in [0.25, 0.3) is 0 Å². The van der Waals surface area contributed by atoms with Crippen LogP contribution < -0.4 is 4.89 Å². The van der Waals surface area contributed by atoms with Gasteiger partial charge in [-0.15, -0.1) is 0 Å². The van der Waals surface area contributed by atoms with Gasteiger partial charge in [0.2, 0.25) is 0 Å². The first kappa shape index (κ1) is 16.7. The number of para-hydroxylation sites is 1. The summed E-state index contributed by atoms with van der Waals surface area (Å²) >= 11 is 0. The lowest BCUT2D eigenvalue weighted by atomic mass is 10.0. The van der Waals surface area contributed by atoms with E-state index in [0.29, 0.717) is 12.5 Å². The standard InChI is InChI=1S/C15H18O6/c1-4-15(2,3)21-20-12-8-6-5-7-10(12)11(14(18)19)9-13(16)17/h5-9H,4H2,1-3H3,(H,16,17)(H,18,19). The summed E-state index contributed by atoms with van der Waals surface area (Å²) < 4.78 is 0. The second-order valence-corrected chi connectivity index (χ2v) is 4.98. The zero-order chi connectivity index (χ0) is 16.0. The first-order valence-electron chi connectivity index (χ1n) is 6.40. The molecule has 0 radical (unpaired) electrons. The molecule has 0 unspecified atom stereocenters. The van der Waals surface area contributed by atoms with E-state index in [2.05, 4.69) is 0 Å². The molecule has 114 valence electrons. The molecule has 0 aliphatic rings. The van der Waals surface area contributed by atoms with E-state index in [1.54, 1.807) is 12.1 Å². The SMILES string of the molecule is CCC(C)(C)OOc1ccccc1C(=CC(=O)O)C(=O)O. The molecule has 0 spiro atoms. The number of hydrogen-bond donors (Lipinski definition) is 2. The normalized spacial score (nSPS) is 12.0. The molecule has 0 aliphatic heterocycles. The highest BCUT2D eigenvalue weighted by molar-refractivity contribution is 6.20. The van der Waals surface area contributed by atoms with Gasteiger partial charge >= 0.3 is 11.9 Å². The van der Waals surface area contributed by atoms with Crippen molar-refractivity contribution in [3.63, 3.8) is 0 Å². The average Bonchev–Trinajstić information content (AvgIpc) is 2.42. The van der Waals surface area contributed by atoms with Crippen LogP contribution in [0.25, 0.3) is 5.57 Å². The molecule has 6 nitrogen and oxygen atoms in total. The fourth-order valence-electron chi connectivity index (χ4n) is 1.36. The maximum Gasteiger partial charge on any atom is 0.336 e. The van der Waals surface area contributed by atoms with Crippen LogP contribution in [0.4, 0.5) is 0 Å². The summed E-state index contributed by atoms with van der Waals surface area (Å²) in [5, 5.41) is 17.9. The molecule has 1 aromatic rings. The summed E-state index contributed by atoms with van der Waals surface area (Å²) in [6.07, 6.45) is 1.31. The fourth-order valence-corrected chi connectivity index (χ4v) is 1.36. The molecule has 0 saturated heterocycles. The number of rotatable bonds is 7. The van der Waals surface area contributed by atoms with Crippen molar-refractivity contribution in [3.8, 4) is 5.75 Å². The second-order valence-electron chi connectivity index (χ2n) is 4.98. The molecule has 0 heterocycles. The molecule has 1 rings (SSSR count). The highest BCUT2D eigenvalue weighted by Gasteiger charge is 2.21. The minimum Gasteiger partial charge on any atom is -0.478 e. The van der Waals surface area contributed by atoms with Crippen molar-refractivity contribution in [1.29, 1.82) is 0 Å². The molecule has 0 bridgehead atoms. The average molecular weight is 294 g/mol. The van der Waals surface area contributed by atoms with Crippen molar-refractivity contribution in [1.82, 2.24) is 0 Å². The van der Waals surface area contributed by atoms with Gasteiger partial charge in [-0.05, 0) is 26.3 Å². The molecule has 1 aromatic carbocycles. The molecule has 6 heteroatoms. The zero-order valence-corrected chi connectivity index (χ0v) is 12.1. The summed E-state index contributed by atoms with van der Waals surface area (Å²) in [6, 6.07) is 6.20. The van der Waals surface area contributed by atoms with E-state index in [9.17, 15) is 9.59 Å². The van der Waals surface area contributed by atoms with Crippen LogP contribution in [0, 0.1) is 0 Å². The minimum absolute atomic E-state index is 0.138. The maximum atomic E-state index is 11.2. The molecular weight excluding hydrogens is 276 g/mol. The molecule has 21 heavy (non-hydrogen) atoms. The Morgan fingerprint density at radius 1 is 1.24 bits per heavy atom. The predicted octanol–water partition coefficient (Wildman–Crippen LogP) is 2.74. The summed E-state index contributed by atoms with van der Waals surface area (Å²) in [6.45, 7) is 5.56. The van der Waals surface area contributed by atoms with Gasteiger partial charge < -0.3 is 15.1 Å². The Kier molecular flexibility index (Phi) is 5.49. The summed E-state index contributed by atoms with van der Waals surface area (Å²) in [4.78, 5) is 32.4. The molecular formula is C15H18O6. The summed E-state index contributed by atoms with van der Waals surface area (Å²) in [5.41, 5.74) is -0.789. The molecule has 0 atom stereocenters. The Balaban J connectivity index is 3.14. The Morgan fingerprint density at radius 2 is 1.86 bits per heavy atom. The fraction of sp³-hybridized carbons (Fsp3) is 0.333. The lowest BCUT2D eigenvalue weighted by molar-refractivity contribution is -0.281. The lowest BCUT2D eigenvalue weighted by Crippen LogP contribution is -2.25. The van der Waals surface area contributed by atoms with E-state index in [1.807, 2.05) is 20.8 Å². The van der Waals surface area contributed by atoms with Gasteiger partial charge in [-0.25, -0.2) is 9.59 Å². The smallest absolute Gasteiger partial charge is 0.336 e. The molecule has 0 aliphatic carbocycles. The van der Waals surface area contributed by atoms with Crippen molar-refractivity contribution < 1.29 is 29.6 Å². The van der Waals surface area contributed by atoms with Crippen molar-refractivity contribution in [2.24, 2.45) is 0 Å². The van der Waals surface area contributed by atoms with Crippen LogP contribution in [0.15, 0.2) is 30.3 Å². The Morgan fingerprint density at radius 3 is 2.38 bits per heavy atom. The first-order chi connectivity index (χ1) is 9.76. The Labute approximate surface area is 122 Å². The lowest BCUT2D eigenvalue weighted by Gasteiger charge is -2.22. The number of carboxylic acids is 2. The van der Waals surface area contributed by atoms with Crippen LogP contribution in [0.3, 0.4) is 0 Å². The van der Waals surface area contributed by atoms with Crippen LogP contribution in [0.1, 0.15) is 32.8 Å². The zero-order valence-electron chi connectivity index (χ0n) is 12.1. The minimum atomic E-state index is -1.36. The van der Waals surface area contributed by atoms with Crippen LogP contribution in [-0.2, 0) is 14.5 Å². The number of aliphatic carboxylic acids is 2. The quantitative estimate of drug-likeness (QED) is 0.456. The number of benzene rings is 1. The third-order valence-electron chi connectivity index (χ3n) is 2.88. The van der Waals surface area contributed by atoms with E-state index in [4.69, 9.17) is 20.0 Å². The van der Waals surface area contributed by atoms with Crippen molar-refractivity contribution in [3.05, 3.63) is 35.9 Å². The summed E-state index contributed by atoms with van der Waals surface area (Å²) in [7, 11) is 0. The predicted molar refractivity (Wildman–Crippen MR) is 75.8 cm³/mol. The summed E-state index contributed by atoms with van der Waals surface area (Å²) in [5.74, 6) is -2.56. The van der Waals surface area contributed by atoms with Crippen molar-refractivity contribution in [2.45, 2.75) is 32.8 Å². The van der Waals surface area contributed by atoms with Crippen LogP contribution in [-0.4, -0.2) is 27.8 Å². The van der Waals surface area contributed by atoms with E-state index in [0.717, 1.165) is 0 Å². The molecule has 0 saturated carbocycles. The number of carboxylic acid groups (broad SMARTS) is 2. The van der Waals surface area contributed by atoms with Gasteiger partial charge in [0.05, 0.1) is 5.57 Å². The van der Waals surface area contributed by atoms with E-state index >= 15 is 0 Å². The largest absolute Gasteiger partial charge is 0.478 e. The second kappa shape index (κ2) is 6.90. The van der Waals surface area contributed by atoms with E-state index in [1.165, 1.54) is 12.1 Å². The highest BCUT2D eigenvalue weighted by atomic mass is 17.2. The maximum absolute atomic E-state index is 11.2. The van der Waals surface area contributed by atoms with E-state index in [-0.39, 0.29) is 16.9 Å². The van der Waals surface area contributed by atoms with E-state index < -0.39 is 17.5 Å². The van der Waals surface area contributed by atoms with Gasteiger partial charge in [-0.3, -0.25) is 0 Å². The van der Waals surface area contributed by atoms with Crippen LogP contribution >= 0.6 is 0 Å². The van der Waals surface area contributed by atoms with Crippen molar-refractivity contribution >= 4 is 17.5 Å². The third kappa shape index (κ3) is 4.92. The third-order valence-corrected chi connectivity index (χ3v) is 2.88. The van der Waals surface area contributed by atoms with Gasteiger partial charge in [-0.1, -0.05) is 25.1 Å².